The summed E-state index contributed by atoms with van der Waals surface area (Å²) in [6, 6.07) is 8.80. The van der Waals surface area contributed by atoms with Crippen LogP contribution in [0.1, 0.15) is 43.9 Å². The van der Waals surface area contributed by atoms with Crippen molar-refractivity contribution in [1.29, 1.82) is 0 Å². The average Bonchev–Trinajstić information content (AvgIpc) is 3.34. The van der Waals surface area contributed by atoms with Gasteiger partial charge in [-0.3, -0.25) is 4.40 Å². The zero-order valence-electron chi connectivity index (χ0n) is 17.8. The van der Waals surface area contributed by atoms with E-state index < -0.39 is 11.4 Å². The van der Waals surface area contributed by atoms with Crippen molar-refractivity contribution in [3.8, 4) is 0 Å². The third kappa shape index (κ3) is 3.94. The summed E-state index contributed by atoms with van der Waals surface area (Å²) in [5, 5.41) is 8.32. The van der Waals surface area contributed by atoms with Crippen LogP contribution in [0.3, 0.4) is 0 Å². The molecule has 2 aliphatic rings. The molecule has 1 N–H and O–H groups in total. The van der Waals surface area contributed by atoms with Gasteiger partial charge in [0.1, 0.15) is 12.1 Å². The van der Waals surface area contributed by atoms with E-state index in [1.54, 1.807) is 6.33 Å². The number of nitrogens with zero attached hydrogens (tertiary/aromatic N) is 5. The molecule has 3 aromatic rings. The smallest absolute Gasteiger partial charge is 0.212 e. The van der Waals surface area contributed by atoms with E-state index in [0.717, 1.165) is 47.5 Å². The van der Waals surface area contributed by atoms with Gasteiger partial charge < -0.3 is 9.45 Å². The lowest BCUT2D eigenvalue weighted by molar-refractivity contribution is 0.176. The topological polar surface area (TPSA) is 81.4 Å². The van der Waals surface area contributed by atoms with E-state index in [9.17, 15) is 4.55 Å². The number of aromatic nitrogens is 4. The summed E-state index contributed by atoms with van der Waals surface area (Å²) < 4.78 is 19.3. The van der Waals surface area contributed by atoms with Gasteiger partial charge in [0, 0.05) is 36.1 Å². The Morgan fingerprint density at radius 1 is 1.29 bits per heavy atom. The first kappa shape index (κ1) is 21.4. The number of hydrogen-bond acceptors (Lipinski definition) is 6. The molecule has 7 nitrogen and oxygen atoms in total. The molecule has 1 saturated heterocycles. The third-order valence-electron chi connectivity index (χ3n) is 6.57. The van der Waals surface area contributed by atoms with Gasteiger partial charge in [-0.05, 0) is 58.9 Å². The summed E-state index contributed by atoms with van der Waals surface area (Å²) in [5.41, 5.74) is 3.65. The molecule has 0 radical (unpaired) electrons. The van der Waals surface area contributed by atoms with Gasteiger partial charge in [0.15, 0.2) is 5.65 Å². The van der Waals surface area contributed by atoms with Crippen LogP contribution in [0.15, 0.2) is 36.8 Å². The van der Waals surface area contributed by atoms with E-state index in [-0.39, 0.29) is 11.5 Å². The molecule has 2 atom stereocenters. The lowest BCUT2D eigenvalue weighted by Crippen LogP contribution is -2.48. The molecule has 5 rings (SSSR count). The highest BCUT2D eigenvalue weighted by atomic mass is 127. The molecule has 3 heterocycles. The number of nitrogens with one attached hydrogen (secondary N) is 1. The average molecular weight is 550 g/mol. The van der Waals surface area contributed by atoms with E-state index >= 15 is 0 Å². The lowest BCUT2D eigenvalue weighted by atomic mass is 9.73. The summed E-state index contributed by atoms with van der Waals surface area (Å²) >= 11 is 1.22. The molecule has 0 unspecified atom stereocenters. The highest BCUT2D eigenvalue weighted by Crippen LogP contribution is 2.52. The molecule has 1 fully saturated rings. The Kier molecular flexibility index (Phi) is 5.87. The van der Waals surface area contributed by atoms with Crippen molar-refractivity contribution in [1.82, 2.24) is 24.3 Å². The second kappa shape index (κ2) is 8.49. The summed E-state index contributed by atoms with van der Waals surface area (Å²) in [4.78, 5) is 7.03. The maximum absolute atomic E-state index is 12.8. The van der Waals surface area contributed by atoms with E-state index in [1.807, 2.05) is 10.6 Å². The van der Waals surface area contributed by atoms with Crippen molar-refractivity contribution in [3.05, 3.63) is 51.5 Å². The predicted molar refractivity (Wildman–Crippen MR) is 131 cm³/mol. The molecule has 2 aromatic heterocycles. The van der Waals surface area contributed by atoms with E-state index in [4.69, 9.17) is 4.98 Å². The van der Waals surface area contributed by atoms with Crippen molar-refractivity contribution in [3.63, 3.8) is 0 Å². The highest BCUT2D eigenvalue weighted by molar-refractivity contribution is 14.1. The molecule has 31 heavy (non-hydrogen) atoms. The highest BCUT2D eigenvalue weighted by Gasteiger charge is 2.49. The molecule has 0 amide bonds. The van der Waals surface area contributed by atoms with Gasteiger partial charge in [0.25, 0.3) is 0 Å². The number of hydrogen-bond donors (Lipinski definition) is 1. The van der Waals surface area contributed by atoms with Crippen molar-refractivity contribution in [2.24, 2.45) is 11.3 Å². The largest absolute Gasteiger partial charge is 0.598 e. The van der Waals surface area contributed by atoms with Crippen LogP contribution in [-0.4, -0.2) is 43.0 Å². The SMILES string of the molecule is CC(C)C[S@@+]([O-])N[C@@H]1c2ccccc2CC12CCN(c1ncc(I)c3nncn13)CC2. The van der Waals surface area contributed by atoms with Gasteiger partial charge >= 0.3 is 0 Å². The van der Waals surface area contributed by atoms with Crippen LogP contribution < -0.4 is 9.62 Å². The number of halogens is 1. The Labute approximate surface area is 199 Å². The predicted octanol–water partition coefficient (Wildman–Crippen LogP) is 3.52. The van der Waals surface area contributed by atoms with Crippen LogP contribution in [0.4, 0.5) is 5.95 Å². The van der Waals surface area contributed by atoms with Crippen LogP contribution in [-0.2, 0) is 17.8 Å². The fourth-order valence-electron chi connectivity index (χ4n) is 5.09. The van der Waals surface area contributed by atoms with Crippen LogP contribution in [0.25, 0.3) is 5.65 Å². The maximum atomic E-state index is 12.8. The summed E-state index contributed by atoms with van der Waals surface area (Å²) in [7, 11) is 0. The lowest BCUT2D eigenvalue weighted by Gasteiger charge is -2.43. The molecule has 1 aromatic carbocycles. The first-order valence-corrected chi connectivity index (χ1v) is 13.2. The summed E-state index contributed by atoms with van der Waals surface area (Å²) in [6.45, 7) is 6.06. The quantitative estimate of drug-likeness (QED) is 0.387. The molecule has 164 valence electrons. The molecule has 0 saturated carbocycles. The normalized spacial score (nSPS) is 21.2. The second-order valence-electron chi connectivity index (χ2n) is 9.11. The maximum Gasteiger partial charge on any atom is 0.212 e. The number of benzene rings is 1. The van der Waals surface area contributed by atoms with Crippen LogP contribution in [0, 0.1) is 14.9 Å². The van der Waals surface area contributed by atoms with E-state index in [2.05, 4.69) is 80.5 Å². The van der Waals surface area contributed by atoms with Crippen LogP contribution >= 0.6 is 22.6 Å². The number of fused-ring (bicyclic) bond motifs is 2. The second-order valence-corrected chi connectivity index (χ2v) is 11.5. The molecular formula is C22H27IN6OS. The molecular weight excluding hydrogens is 523 g/mol. The fraction of sp³-hybridized carbons (Fsp3) is 0.500. The molecule has 1 aliphatic heterocycles. The van der Waals surface area contributed by atoms with Gasteiger partial charge in [-0.2, -0.15) is 0 Å². The summed E-state index contributed by atoms with van der Waals surface area (Å²) in [6.07, 6.45) is 6.70. The first-order valence-electron chi connectivity index (χ1n) is 10.8. The summed E-state index contributed by atoms with van der Waals surface area (Å²) in [5.74, 6) is 1.98. The zero-order valence-corrected chi connectivity index (χ0v) is 20.8. The van der Waals surface area contributed by atoms with Gasteiger partial charge in [0.05, 0.1) is 9.61 Å². The van der Waals surface area contributed by atoms with Crippen molar-refractivity contribution in [2.45, 2.75) is 39.2 Å². The fourth-order valence-corrected chi connectivity index (χ4v) is 6.94. The van der Waals surface area contributed by atoms with Gasteiger partial charge in [-0.25, -0.2) is 4.98 Å². The van der Waals surface area contributed by atoms with Crippen molar-refractivity contribution >= 4 is 45.5 Å². The van der Waals surface area contributed by atoms with Gasteiger partial charge in [0.2, 0.25) is 5.95 Å². The molecule has 0 bridgehead atoms. The Morgan fingerprint density at radius 2 is 2.06 bits per heavy atom. The zero-order chi connectivity index (χ0) is 21.6. The Hall–Kier alpha value is -1.43. The standard InChI is InChI=1S/C22H27IN6OS/c1-15(2)13-31(30)27-19-17-6-4-3-5-16(17)11-22(19)7-9-28(10-8-22)21-24-12-18(23)20-26-25-14-29(20)21/h3-6,12,14-15,19,27H,7-11,13H2,1-2H3/t19-,31-/m1/s1. The first-order chi connectivity index (χ1) is 15.0. The monoisotopic (exact) mass is 550 g/mol. The number of rotatable bonds is 5. The molecule has 1 spiro atoms. The van der Waals surface area contributed by atoms with Crippen LogP contribution in [0.5, 0.6) is 0 Å². The minimum Gasteiger partial charge on any atom is -0.598 e. The van der Waals surface area contributed by atoms with E-state index in [0.29, 0.717) is 11.7 Å². The Morgan fingerprint density at radius 3 is 2.84 bits per heavy atom. The minimum atomic E-state index is -1.03. The molecule has 1 aliphatic carbocycles. The van der Waals surface area contributed by atoms with Crippen molar-refractivity contribution < 1.29 is 4.55 Å². The Bertz CT molecular complexity index is 1080. The van der Waals surface area contributed by atoms with Gasteiger partial charge in [-0.1, -0.05) is 38.1 Å². The number of anilines is 1. The minimum absolute atomic E-state index is 0.0856. The third-order valence-corrected chi connectivity index (χ3v) is 8.80. The molecule has 9 heteroatoms. The van der Waals surface area contributed by atoms with E-state index in [1.165, 1.54) is 11.1 Å². The number of piperidine rings is 1. The Balaban J connectivity index is 1.40. The van der Waals surface area contributed by atoms with Crippen LogP contribution in [0.2, 0.25) is 0 Å². The van der Waals surface area contributed by atoms with Crippen molar-refractivity contribution in [2.75, 3.05) is 23.7 Å². The van der Waals surface area contributed by atoms with Gasteiger partial charge in [-0.15, -0.1) is 14.9 Å².